The lowest BCUT2D eigenvalue weighted by Gasteiger charge is -2.36. The Morgan fingerprint density at radius 1 is 1.45 bits per heavy atom. The van der Waals surface area contributed by atoms with Crippen molar-refractivity contribution in [1.82, 2.24) is 4.90 Å². The van der Waals surface area contributed by atoms with Gasteiger partial charge in [-0.1, -0.05) is 0 Å². The Labute approximate surface area is 123 Å². The molecule has 0 aromatic carbocycles. The smallest absolute Gasteiger partial charge is 0.232 e. The van der Waals surface area contributed by atoms with Crippen LogP contribution in [0.25, 0.3) is 0 Å². The predicted molar refractivity (Wildman–Crippen MR) is 77.5 cm³/mol. The van der Waals surface area contributed by atoms with Gasteiger partial charge in [-0.15, -0.1) is 11.8 Å². The van der Waals surface area contributed by atoms with Gasteiger partial charge in [0.1, 0.15) is 0 Å². The number of nitrogens with zero attached hydrogens (tertiary/aromatic N) is 1. The lowest BCUT2D eigenvalue weighted by molar-refractivity contribution is -0.144. The molecule has 0 radical (unpaired) electrons. The third-order valence-corrected chi connectivity index (χ3v) is 6.78. The number of ether oxygens (including phenoxy) is 1. The Balaban J connectivity index is 1.80. The van der Waals surface area contributed by atoms with Crippen molar-refractivity contribution in [3.8, 4) is 0 Å². The number of aliphatic hydroxyl groups excluding tert-OH is 1. The molecule has 2 rings (SSSR count). The minimum absolute atomic E-state index is 0.00658. The Bertz CT molecular complexity index is 453. The number of sulfone groups is 1. The van der Waals surface area contributed by atoms with Crippen molar-refractivity contribution in [3.05, 3.63) is 0 Å². The number of amides is 1. The molecule has 8 heteroatoms. The van der Waals surface area contributed by atoms with Crippen LogP contribution in [0, 0.1) is 0 Å². The third kappa shape index (κ3) is 4.34. The summed E-state index contributed by atoms with van der Waals surface area (Å²) in [7, 11) is -2.89. The van der Waals surface area contributed by atoms with Crippen molar-refractivity contribution in [2.75, 3.05) is 37.0 Å². The number of carbonyl (C=O) groups excluding carboxylic acids is 1. The van der Waals surface area contributed by atoms with Crippen molar-refractivity contribution in [1.29, 1.82) is 0 Å². The number of thioether (sulfide) groups is 1. The second kappa shape index (κ2) is 6.64. The predicted octanol–water partition coefficient (Wildman–Crippen LogP) is -0.485. The van der Waals surface area contributed by atoms with Crippen LogP contribution in [0.5, 0.6) is 0 Å². The van der Waals surface area contributed by atoms with E-state index in [9.17, 15) is 13.2 Å². The fourth-order valence-electron chi connectivity index (χ4n) is 2.52. The van der Waals surface area contributed by atoms with E-state index >= 15 is 0 Å². The van der Waals surface area contributed by atoms with Gasteiger partial charge in [-0.05, 0) is 13.3 Å². The fourth-order valence-corrected chi connectivity index (χ4v) is 6.07. The summed E-state index contributed by atoms with van der Waals surface area (Å²) in [5.74, 6) is 0.711. The van der Waals surface area contributed by atoms with Gasteiger partial charge in [0.2, 0.25) is 5.91 Å². The van der Waals surface area contributed by atoms with E-state index in [2.05, 4.69) is 0 Å². The van der Waals surface area contributed by atoms with Crippen LogP contribution in [0.4, 0.5) is 0 Å². The molecule has 2 aliphatic rings. The van der Waals surface area contributed by atoms with Gasteiger partial charge in [0.05, 0.1) is 36.1 Å². The first-order chi connectivity index (χ1) is 9.39. The van der Waals surface area contributed by atoms with E-state index < -0.39 is 9.84 Å². The zero-order valence-electron chi connectivity index (χ0n) is 11.5. The lowest BCUT2D eigenvalue weighted by atomic mass is 10.2. The highest BCUT2D eigenvalue weighted by molar-refractivity contribution is 8.02. The number of aliphatic hydroxyl groups is 1. The summed E-state index contributed by atoms with van der Waals surface area (Å²) in [6.45, 7) is 2.71. The summed E-state index contributed by atoms with van der Waals surface area (Å²) >= 11 is 1.42. The Kier molecular flexibility index (Phi) is 5.33. The molecule has 2 heterocycles. The average Bonchev–Trinajstić information content (AvgIpc) is 2.74. The van der Waals surface area contributed by atoms with Gasteiger partial charge in [-0.3, -0.25) is 4.79 Å². The molecule has 0 saturated carbocycles. The molecular weight excluding hydrogens is 302 g/mol. The first-order valence-corrected chi connectivity index (χ1v) is 9.63. The molecule has 6 nitrogen and oxygen atoms in total. The van der Waals surface area contributed by atoms with Crippen LogP contribution in [-0.4, -0.2) is 78.7 Å². The monoisotopic (exact) mass is 323 g/mol. The van der Waals surface area contributed by atoms with Gasteiger partial charge in [-0.2, -0.15) is 0 Å². The van der Waals surface area contributed by atoms with Crippen molar-refractivity contribution >= 4 is 27.5 Å². The summed E-state index contributed by atoms with van der Waals surface area (Å²) in [5, 5.41) is 9.17. The second-order valence-corrected chi connectivity index (χ2v) is 8.90. The van der Waals surface area contributed by atoms with Crippen LogP contribution in [0.15, 0.2) is 0 Å². The molecule has 0 aromatic heterocycles. The molecule has 0 bridgehead atoms. The summed E-state index contributed by atoms with van der Waals surface area (Å²) in [5.41, 5.74) is 0. The van der Waals surface area contributed by atoms with E-state index in [1.54, 1.807) is 4.90 Å². The largest absolute Gasteiger partial charge is 0.394 e. The van der Waals surface area contributed by atoms with Crippen LogP contribution in [0.3, 0.4) is 0 Å². The van der Waals surface area contributed by atoms with E-state index in [0.717, 1.165) is 0 Å². The van der Waals surface area contributed by atoms with Crippen LogP contribution in [0.2, 0.25) is 0 Å². The molecule has 20 heavy (non-hydrogen) atoms. The molecule has 2 saturated heterocycles. The van der Waals surface area contributed by atoms with E-state index in [1.165, 1.54) is 11.8 Å². The van der Waals surface area contributed by atoms with Gasteiger partial charge >= 0.3 is 0 Å². The maximum atomic E-state index is 12.1. The summed E-state index contributed by atoms with van der Waals surface area (Å²) in [4.78, 5) is 13.8. The second-order valence-electron chi connectivity index (χ2n) is 5.39. The highest BCUT2D eigenvalue weighted by Gasteiger charge is 2.31. The van der Waals surface area contributed by atoms with Gasteiger partial charge in [-0.25, -0.2) is 8.42 Å². The average molecular weight is 323 g/mol. The molecule has 2 aliphatic heterocycles. The maximum absolute atomic E-state index is 12.1. The Morgan fingerprint density at radius 2 is 2.20 bits per heavy atom. The fraction of sp³-hybridized carbons (Fsp3) is 0.917. The van der Waals surface area contributed by atoms with Gasteiger partial charge in [0.15, 0.2) is 9.84 Å². The molecule has 0 spiro atoms. The molecule has 1 N–H and O–H groups in total. The van der Waals surface area contributed by atoms with Crippen molar-refractivity contribution in [2.45, 2.75) is 30.8 Å². The number of hydrogen-bond donors (Lipinski definition) is 1. The van der Waals surface area contributed by atoms with Gasteiger partial charge in [0.25, 0.3) is 0 Å². The molecule has 3 atom stereocenters. The van der Waals surface area contributed by atoms with Crippen molar-refractivity contribution in [2.24, 2.45) is 0 Å². The lowest BCUT2D eigenvalue weighted by Crippen LogP contribution is -2.51. The highest BCUT2D eigenvalue weighted by Crippen LogP contribution is 2.25. The molecule has 116 valence electrons. The van der Waals surface area contributed by atoms with E-state index in [-0.39, 0.29) is 41.5 Å². The number of carbonyl (C=O) groups is 1. The molecule has 1 amide bonds. The van der Waals surface area contributed by atoms with Crippen LogP contribution in [-0.2, 0) is 19.4 Å². The molecule has 0 aromatic rings. The SMILES string of the molecule is CC1CN(C(=O)CSC2CCS(=O)(=O)C2)CC(CO)O1. The Hall–Kier alpha value is -0.310. The zero-order chi connectivity index (χ0) is 14.8. The molecular formula is C12H21NO5S2. The first kappa shape index (κ1) is 16.1. The number of morpholine rings is 1. The van der Waals surface area contributed by atoms with Gasteiger partial charge < -0.3 is 14.7 Å². The standard InChI is InChI=1S/C12H21NO5S2/c1-9-4-13(5-10(6-14)18-9)12(15)7-19-11-2-3-20(16,17)8-11/h9-11,14H,2-8H2,1H3. The first-order valence-electron chi connectivity index (χ1n) is 6.76. The zero-order valence-corrected chi connectivity index (χ0v) is 13.2. The van der Waals surface area contributed by atoms with Gasteiger partial charge in [0, 0.05) is 18.3 Å². The van der Waals surface area contributed by atoms with E-state index in [0.29, 0.717) is 25.3 Å². The van der Waals surface area contributed by atoms with Crippen LogP contribution < -0.4 is 0 Å². The van der Waals surface area contributed by atoms with Crippen molar-refractivity contribution in [3.63, 3.8) is 0 Å². The molecule has 0 aliphatic carbocycles. The molecule has 2 fully saturated rings. The molecule has 3 unspecified atom stereocenters. The highest BCUT2D eigenvalue weighted by atomic mass is 32.2. The van der Waals surface area contributed by atoms with Crippen LogP contribution in [0.1, 0.15) is 13.3 Å². The van der Waals surface area contributed by atoms with Crippen molar-refractivity contribution < 1.29 is 23.1 Å². The maximum Gasteiger partial charge on any atom is 0.232 e. The topological polar surface area (TPSA) is 83.9 Å². The number of hydrogen-bond acceptors (Lipinski definition) is 6. The number of rotatable bonds is 4. The third-order valence-electron chi connectivity index (χ3n) is 3.52. The van der Waals surface area contributed by atoms with Crippen LogP contribution >= 0.6 is 11.8 Å². The Morgan fingerprint density at radius 3 is 2.80 bits per heavy atom. The van der Waals surface area contributed by atoms with E-state index in [1.807, 2.05) is 6.92 Å². The summed E-state index contributed by atoms with van der Waals surface area (Å²) in [6.07, 6.45) is 0.236. The minimum Gasteiger partial charge on any atom is -0.394 e. The van der Waals surface area contributed by atoms with E-state index in [4.69, 9.17) is 9.84 Å². The quantitative estimate of drug-likeness (QED) is 0.752. The normalized spacial score (nSPS) is 33.3. The summed E-state index contributed by atoms with van der Waals surface area (Å²) in [6, 6.07) is 0. The minimum atomic E-state index is -2.89. The summed E-state index contributed by atoms with van der Waals surface area (Å²) < 4.78 is 28.2.